The van der Waals surface area contributed by atoms with Crippen molar-refractivity contribution in [3.63, 3.8) is 0 Å². The fourth-order valence-corrected chi connectivity index (χ4v) is 2.83. The van der Waals surface area contributed by atoms with Crippen LogP contribution in [0, 0.1) is 0 Å². The van der Waals surface area contributed by atoms with Crippen LogP contribution in [0.3, 0.4) is 0 Å². The third-order valence-electron chi connectivity index (χ3n) is 3.58. The van der Waals surface area contributed by atoms with Crippen LogP contribution in [0.1, 0.15) is 37.4 Å². The summed E-state index contributed by atoms with van der Waals surface area (Å²) < 4.78 is 5.50. The number of ether oxygens (including phenoxy) is 1. The van der Waals surface area contributed by atoms with Gasteiger partial charge >= 0.3 is 0 Å². The molecule has 0 amide bonds. The maximum Gasteiger partial charge on any atom is 0.0831 e. The summed E-state index contributed by atoms with van der Waals surface area (Å²) in [6, 6.07) is 5.17. The highest BCUT2D eigenvalue weighted by Gasteiger charge is 2.39. The smallest absolute Gasteiger partial charge is 0.0831 e. The quantitative estimate of drug-likeness (QED) is 0.900. The second kappa shape index (κ2) is 5.15. The summed E-state index contributed by atoms with van der Waals surface area (Å²) in [5.41, 5.74) is 0.557. The van der Waals surface area contributed by atoms with Gasteiger partial charge in [-0.1, -0.05) is 29.3 Å². The Morgan fingerprint density at radius 1 is 1.41 bits per heavy atom. The van der Waals surface area contributed by atoms with Crippen LogP contribution in [0.2, 0.25) is 10.0 Å². The molecule has 1 aromatic carbocycles. The van der Waals surface area contributed by atoms with Crippen molar-refractivity contribution in [2.75, 3.05) is 7.11 Å². The number of aliphatic hydroxyl groups is 1. The lowest BCUT2D eigenvalue weighted by Gasteiger charge is -2.42. The topological polar surface area (TPSA) is 29.5 Å². The molecule has 94 valence electrons. The van der Waals surface area contributed by atoms with E-state index in [1.165, 1.54) is 0 Å². The summed E-state index contributed by atoms with van der Waals surface area (Å²) in [7, 11) is 1.70. The highest BCUT2D eigenvalue weighted by molar-refractivity contribution is 6.35. The molecule has 1 unspecified atom stereocenters. The molecule has 0 saturated heterocycles. The lowest BCUT2D eigenvalue weighted by molar-refractivity contribution is -0.0998. The Kier molecular flexibility index (Phi) is 3.99. The number of benzene rings is 1. The predicted octanol–water partition coefficient (Wildman–Crippen LogP) is 3.99. The number of methoxy groups -OCH3 is 1. The number of rotatable bonds is 4. The largest absolute Gasteiger partial charge is 0.388 e. The van der Waals surface area contributed by atoms with Gasteiger partial charge in [0.1, 0.15) is 0 Å². The zero-order chi connectivity index (χ0) is 12.5. The molecular formula is C13H16Cl2O2. The molecule has 1 fully saturated rings. The fourth-order valence-electron chi connectivity index (χ4n) is 2.30. The first-order valence-electron chi connectivity index (χ1n) is 5.74. The second-order valence-electron chi connectivity index (χ2n) is 4.63. The molecule has 1 aromatic rings. The molecule has 0 aromatic heterocycles. The van der Waals surface area contributed by atoms with Crippen LogP contribution in [0.25, 0.3) is 0 Å². The molecule has 4 heteroatoms. The van der Waals surface area contributed by atoms with Gasteiger partial charge in [-0.25, -0.2) is 0 Å². The minimum Gasteiger partial charge on any atom is -0.388 e. The fraction of sp³-hybridized carbons (Fsp3) is 0.538. The highest BCUT2D eigenvalue weighted by atomic mass is 35.5. The molecule has 1 aliphatic carbocycles. The van der Waals surface area contributed by atoms with Crippen LogP contribution in [-0.4, -0.2) is 17.8 Å². The van der Waals surface area contributed by atoms with E-state index in [2.05, 4.69) is 0 Å². The van der Waals surface area contributed by atoms with Crippen LogP contribution in [0.5, 0.6) is 0 Å². The van der Waals surface area contributed by atoms with E-state index in [1.54, 1.807) is 25.3 Å². The van der Waals surface area contributed by atoms with Crippen molar-refractivity contribution in [3.8, 4) is 0 Å². The van der Waals surface area contributed by atoms with Gasteiger partial charge in [0.05, 0.1) is 11.7 Å². The van der Waals surface area contributed by atoms with Crippen molar-refractivity contribution in [2.45, 2.75) is 37.4 Å². The summed E-state index contributed by atoms with van der Waals surface area (Å²) >= 11 is 11.9. The average Bonchev–Trinajstić information content (AvgIpc) is 2.23. The lowest BCUT2D eigenvalue weighted by Crippen LogP contribution is -2.40. The van der Waals surface area contributed by atoms with E-state index in [9.17, 15) is 5.11 Å². The van der Waals surface area contributed by atoms with Crippen LogP contribution in [0.15, 0.2) is 18.2 Å². The maximum absolute atomic E-state index is 10.2. The molecule has 0 bridgehead atoms. The Morgan fingerprint density at radius 2 is 2.12 bits per heavy atom. The van der Waals surface area contributed by atoms with Gasteiger partial charge in [-0.2, -0.15) is 0 Å². The Hall–Kier alpha value is -0.280. The molecule has 2 nitrogen and oxygen atoms in total. The third-order valence-corrected chi connectivity index (χ3v) is 4.15. The molecule has 1 aliphatic rings. The lowest BCUT2D eigenvalue weighted by atomic mass is 9.75. The third kappa shape index (κ3) is 2.76. The average molecular weight is 275 g/mol. The number of aliphatic hydroxyl groups excluding tert-OH is 1. The first kappa shape index (κ1) is 13.2. The van der Waals surface area contributed by atoms with E-state index in [4.69, 9.17) is 27.9 Å². The zero-order valence-electron chi connectivity index (χ0n) is 9.75. The van der Waals surface area contributed by atoms with E-state index in [-0.39, 0.29) is 5.60 Å². The van der Waals surface area contributed by atoms with Gasteiger partial charge in [-0.15, -0.1) is 0 Å². The molecule has 1 atom stereocenters. The SMILES string of the molecule is COC1(CC(O)c2ccc(Cl)cc2Cl)CCC1. The van der Waals surface area contributed by atoms with Crippen molar-refractivity contribution < 1.29 is 9.84 Å². The molecule has 17 heavy (non-hydrogen) atoms. The van der Waals surface area contributed by atoms with Gasteiger partial charge in [0.25, 0.3) is 0 Å². The van der Waals surface area contributed by atoms with Crippen LogP contribution < -0.4 is 0 Å². The van der Waals surface area contributed by atoms with Crippen molar-refractivity contribution in [1.29, 1.82) is 0 Å². The van der Waals surface area contributed by atoms with E-state index in [0.29, 0.717) is 16.5 Å². The molecule has 0 heterocycles. The maximum atomic E-state index is 10.2. The predicted molar refractivity (Wildman–Crippen MR) is 69.6 cm³/mol. The highest BCUT2D eigenvalue weighted by Crippen LogP contribution is 2.42. The standard InChI is InChI=1S/C13H16Cl2O2/c1-17-13(5-2-6-13)8-12(16)10-4-3-9(14)7-11(10)15/h3-4,7,12,16H,2,5-6,8H2,1H3. The first-order chi connectivity index (χ1) is 8.06. The van der Waals surface area contributed by atoms with Gasteiger partial charge in [0.2, 0.25) is 0 Å². The van der Waals surface area contributed by atoms with Crippen LogP contribution in [-0.2, 0) is 4.74 Å². The van der Waals surface area contributed by atoms with E-state index >= 15 is 0 Å². The molecule has 1 saturated carbocycles. The van der Waals surface area contributed by atoms with Crippen molar-refractivity contribution in [2.24, 2.45) is 0 Å². The Bertz CT molecular complexity index is 397. The van der Waals surface area contributed by atoms with Gasteiger partial charge in [0, 0.05) is 23.6 Å². The molecule has 1 N–H and O–H groups in total. The molecule has 0 spiro atoms. The van der Waals surface area contributed by atoms with Crippen LogP contribution in [0.4, 0.5) is 0 Å². The summed E-state index contributed by atoms with van der Waals surface area (Å²) in [5.74, 6) is 0. The number of halogens is 2. The van der Waals surface area contributed by atoms with Gasteiger partial charge in [0.15, 0.2) is 0 Å². The number of hydrogen-bond donors (Lipinski definition) is 1. The summed E-state index contributed by atoms with van der Waals surface area (Å²) in [5, 5.41) is 11.3. The van der Waals surface area contributed by atoms with Gasteiger partial charge in [-0.05, 0) is 37.0 Å². The second-order valence-corrected chi connectivity index (χ2v) is 5.47. The van der Waals surface area contributed by atoms with Crippen molar-refractivity contribution in [3.05, 3.63) is 33.8 Å². The Labute approximate surface area is 111 Å². The minimum atomic E-state index is -0.597. The van der Waals surface area contributed by atoms with Crippen molar-refractivity contribution in [1.82, 2.24) is 0 Å². The first-order valence-corrected chi connectivity index (χ1v) is 6.50. The van der Waals surface area contributed by atoms with E-state index < -0.39 is 6.10 Å². The summed E-state index contributed by atoms with van der Waals surface area (Å²) in [6.07, 6.45) is 3.16. The molecule has 0 aliphatic heterocycles. The van der Waals surface area contributed by atoms with E-state index in [0.717, 1.165) is 24.8 Å². The number of hydrogen-bond acceptors (Lipinski definition) is 2. The summed E-state index contributed by atoms with van der Waals surface area (Å²) in [6.45, 7) is 0. The monoisotopic (exact) mass is 274 g/mol. The normalized spacial score (nSPS) is 19.8. The molecule has 2 rings (SSSR count). The Balaban J connectivity index is 2.11. The molecular weight excluding hydrogens is 259 g/mol. The minimum absolute atomic E-state index is 0.164. The van der Waals surface area contributed by atoms with Crippen molar-refractivity contribution >= 4 is 23.2 Å². The van der Waals surface area contributed by atoms with E-state index in [1.807, 2.05) is 0 Å². The zero-order valence-corrected chi connectivity index (χ0v) is 11.3. The summed E-state index contributed by atoms with van der Waals surface area (Å²) in [4.78, 5) is 0. The molecule has 0 radical (unpaired) electrons. The van der Waals surface area contributed by atoms with Gasteiger partial charge < -0.3 is 9.84 Å². The van der Waals surface area contributed by atoms with Crippen LogP contribution >= 0.6 is 23.2 Å². The van der Waals surface area contributed by atoms with Gasteiger partial charge in [-0.3, -0.25) is 0 Å². The Morgan fingerprint density at radius 3 is 2.59 bits per heavy atom.